The SMILES string of the molecule is c1ccc(C[NH+]2CCC[NH+](Cc3ccccc3)C2c2ccc3c(c2)OCO3)cc1. The first-order valence-electron chi connectivity index (χ1n) is 10.5. The molecule has 0 bridgehead atoms. The monoisotopic (exact) mass is 388 g/mol. The van der Waals surface area contributed by atoms with Gasteiger partial charge >= 0.3 is 0 Å². The van der Waals surface area contributed by atoms with Crippen LogP contribution in [0.25, 0.3) is 0 Å². The van der Waals surface area contributed by atoms with Gasteiger partial charge in [0.05, 0.1) is 18.7 Å². The van der Waals surface area contributed by atoms with Crippen LogP contribution in [0.3, 0.4) is 0 Å². The van der Waals surface area contributed by atoms with Crippen molar-refractivity contribution in [2.75, 3.05) is 19.9 Å². The highest BCUT2D eigenvalue weighted by molar-refractivity contribution is 5.44. The third-order valence-corrected chi connectivity index (χ3v) is 6.09. The van der Waals surface area contributed by atoms with Crippen molar-refractivity contribution in [2.45, 2.75) is 25.7 Å². The Balaban J connectivity index is 1.48. The zero-order valence-electron chi connectivity index (χ0n) is 16.6. The third-order valence-electron chi connectivity index (χ3n) is 6.09. The summed E-state index contributed by atoms with van der Waals surface area (Å²) in [5.41, 5.74) is 4.13. The Morgan fingerprint density at radius 1 is 0.690 bits per heavy atom. The maximum atomic E-state index is 5.70. The predicted octanol–water partition coefficient (Wildman–Crippen LogP) is 1.99. The molecule has 29 heavy (non-hydrogen) atoms. The largest absolute Gasteiger partial charge is 0.454 e. The molecule has 3 aromatic rings. The lowest BCUT2D eigenvalue weighted by Gasteiger charge is -2.38. The van der Waals surface area contributed by atoms with Gasteiger partial charge in [0.2, 0.25) is 13.0 Å². The Morgan fingerprint density at radius 3 is 1.90 bits per heavy atom. The summed E-state index contributed by atoms with van der Waals surface area (Å²) < 4.78 is 11.2. The summed E-state index contributed by atoms with van der Waals surface area (Å²) in [4.78, 5) is 3.24. The molecule has 2 N–H and O–H groups in total. The van der Waals surface area contributed by atoms with Crippen molar-refractivity contribution in [3.05, 3.63) is 95.6 Å². The fraction of sp³-hybridized carbons (Fsp3) is 0.280. The second-order valence-electron chi connectivity index (χ2n) is 8.04. The van der Waals surface area contributed by atoms with Gasteiger partial charge in [-0.2, -0.15) is 0 Å². The van der Waals surface area contributed by atoms with Crippen molar-refractivity contribution < 1.29 is 19.3 Å². The Kier molecular flexibility index (Phi) is 5.20. The van der Waals surface area contributed by atoms with E-state index in [2.05, 4.69) is 78.9 Å². The normalized spacial score (nSPS) is 23.1. The zero-order valence-corrected chi connectivity index (χ0v) is 16.6. The number of ether oxygens (including phenoxy) is 2. The second-order valence-corrected chi connectivity index (χ2v) is 8.04. The van der Waals surface area contributed by atoms with Crippen LogP contribution in [0.1, 0.15) is 29.3 Å². The van der Waals surface area contributed by atoms with E-state index in [0.29, 0.717) is 13.0 Å². The Hall–Kier alpha value is -2.82. The van der Waals surface area contributed by atoms with Gasteiger partial charge in [-0.1, -0.05) is 60.7 Å². The molecule has 0 spiro atoms. The molecule has 148 valence electrons. The molecule has 2 aliphatic heterocycles. The molecule has 2 aliphatic rings. The maximum absolute atomic E-state index is 5.70. The van der Waals surface area contributed by atoms with Crippen LogP contribution in [-0.4, -0.2) is 19.9 Å². The molecule has 4 nitrogen and oxygen atoms in total. The van der Waals surface area contributed by atoms with Gasteiger partial charge < -0.3 is 9.47 Å². The van der Waals surface area contributed by atoms with E-state index < -0.39 is 0 Å². The summed E-state index contributed by atoms with van der Waals surface area (Å²) in [5, 5.41) is 0. The molecule has 0 aromatic heterocycles. The van der Waals surface area contributed by atoms with Crippen LogP contribution in [0.2, 0.25) is 0 Å². The van der Waals surface area contributed by atoms with Gasteiger partial charge in [0, 0.05) is 17.5 Å². The number of quaternary nitrogens is 2. The minimum Gasteiger partial charge on any atom is -0.454 e. The molecule has 2 atom stereocenters. The van der Waals surface area contributed by atoms with E-state index in [9.17, 15) is 0 Å². The summed E-state index contributed by atoms with van der Waals surface area (Å²) in [5.74, 6) is 1.74. The molecular weight excluding hydrogens is 360 g/mol. The standard InChI is InChI=1S/C25H26N2O2/c1-3-8-20(9-4-1)17-26-14-7-15-27(18-21-10-5-2-6-11-21)25(26)22-12-13-23-24(16-22)29-19-28-23/h1-6,8-13,16,25H,7,14-15,17-19H2/p+2. The van der Waals surface area contributed by atoms with Crippen molar-refractivity contribution in [1.82, 2.24) is 0 Å². The van der Waals surface area contributed by atoms with Crippen molar-refractivity contribution in [2.24, 2.45) is 0 Å². The van der Waals surface area contributed by atoms with E-state index in [1.54, 1.807) is 9.80 Å². The highest BCUT2D eigenvalue weighted by atomic mass is 16.7. The van der Waals surface area contributed by atoms with Crippen molar-refractivity contribution in [1.29, 1.82) is 0 Å². The van der Waals surface area contributed by atoms with E-state index in [-0.39, 0.29) is 0 Å². The lowest BCUT2D eigenvalue weighted by Crippen LogP contribution is -3.32. The van der Waals surface area contributed by atoms with Crippen molar-refractivity contribution in [3.8, 4) is 11.5 Å². The van der Waals surface area contributed by atoms with Crippen LogP contribution >= 0.6 is 0 Å². The highest BCUT2D eigenvalue weighted by Crippen LogP contribution is 2.33. The van der Waals surface area contributed by atoms with Gasteiger partial charge in [-0.15, -0.1) is 0 Å². The molecule has 1 fully saturated rings. The minimum atomic E-state index is 0.324. The van der Waals surface area contributed by atoms with Crippen LogP contribution < -0.4 is 19.3 Å². The second kappa shape index (κ2) is 8.27. The van der Waals surface area contributed by atoms with E-state index >= 15 is 0 Å². The molecule has 0 saturated carbocycles. The van der Waals surface area contributed by atoms with Gasteiger partial charge in [0.25, 0.3) is 0 Å². The predicted molar refractivity (Wildman–Crippen MR) is 112 cm³/mol. The molecular formula is C25H28N2O2+2. The van der Waals surface area contributed by atoms with Crippen LogP contribution in [-0.2, 0) is 13.1 Å². The summed E-state index contributed by atoms with van der Waals surface area (Å²) in [6.07, 6.45) is 1.62. The molecule has 3 aromatic carbocycles. The first-order valence-corrected chi connectivity index (χ1v) is 10.5. The summed E-state index contributed by atoms with van der Waals surface area (Å²) >= 11 is 0. The van der Waals surface area contributed by atoms with Crippen LogP contribution in [0.4, 0.5) is 0 Å². The van der Waals surface area contributed by atoms with Crippen LogP contribution in [0, 0.1) is 0 Å². The fourth-order valence-corrected chi connectivity index (χ4v) is 4.78. The van der Waals surface area contributed by atoms with Crippen LogP contribution in [0.15, 0.2) is 78.9 Å². The summed E-state index contributed by atoms with van der Waals surface area (Å²) in [6.45, 7) is 4.78. The lowest BCUT2D eigenvalue weighted by molar-refractivity contribution is -1.16. The first kappa shape index (κ1) is 18.2. The van der Waals surface area contributed by atoms with E-state index in [0.717, 1.165) is 24.6 Å². The molecule has 2 unspecified atom stereocenters. The van der Waals surface area contributed by atoms with E-state index in [4.69, 9.17) is 9.47 Å². The van der Waals surface area contributed by atoms with Gasteiger partial charge in [-0.25, -0.2) is 0 Å². The van der Waals surface area contributed by atoms with E-state index in [1.165, 1.54) is 36.2 Å². The minimum absolute atomic E-state index is 0.324. The van der Waals surface area contributed by atoms with Crippen LogP contribution in [0.5, 0.6) is 11.5 Å². The quantitative estimate of drug-likeness (QED) is 0.700. The first-order chi connectivity index (χ1) is 14.4. The Labute approximate surface area is 172 Å². The molecule has 2 heterocycles. The van der Waals surface area contributed by atoms with Gasteiger partial charge in [-0.3, -0.25) is 9.80 Å². The molecule has 5 rings (SSSR count). The number of fused-ring (bicyclic) bond motifs is 1. The number of nitrogens with one attached hydrogen (secondary N) is 2. The summed E-state index contributed by atoms with van der Waals surface area (Å²) in [6, 6.07) is 28.3. The third kappa shape index (κ3) is 4.00. The number of benzene rings is 3. The highest BCUT2D eigenvalue weighted by Gasteiger charge is 2.38. The molecule has 0 amide bonds. The average molecular weight is 389 g/mol. The average Bonchev–Trinajstić information content (AvgIpc) is 3.23. The number of hydrogen-bond acceptors (Lipinski definition) is 2. The van der Waals surface area contributed by atoms with Crippen molar-refractivity contribution in [3.63, 3.8) is 0 Å². The topological polar surface area (TPSA) is 27.3 Å². The Morgan fingerprint density at radius 2 is 1.28 bits per heavy atom. The van der Waals surface area contributed by atoms with Gasteiger partial charge in [0.1, 0.15) is 13.1 Å². The Bertz CT molecular complexity index is 896. The lowest BCUT2D eigenvalue weighted by atomic mass is 10.0. The molecule has 1 saturated heterocycles. The van der Waals surface area contributed by atoms with E-state index in [1.807, 2.05) is 0 Å². The number of hydrogen-bond donors (Lipinski definition) is 2. The molecule has 0 radical (unpaired) electrons. The van der Waals surface area contributed by atoms with Gasteiger partial charge in [0.15, 0.2) is 11.5 Å². The molecule has 4 heteroatoms. The van der Waals surface area contributed by atoms with Gasteiger partial charge in [-0.05, 0) is 18.2 Å². The number of rotatable bonds is 5. The maximum Gasteiger partial charge on any atom is 0.240 e. The smallest absolute Gasteiger partial charge is 0.240 e. The zero-order chi connectivity index (χ0) is 19.5. The summed E-state index contributed by atoms with van der Waals surface area (Å²) in [7, 11) is 0. The molecule has 0 aliphatic carbocycles. The fourth-order valence-electron chi connectivity index (χ4n) is 4.78. The van der Waals surface area contributed by atoms with Crippen molar-refractivity contribution >= 4 is 0 Å².